The fourth-order valence-corrected chi connectivity index (χ4v) is 4.70. The number of aliphatic hydroxyl groups is 1. The van der Waals surface area contributed by atoms with Crippen LogP contribution in [0.4, 0.5) is 11.4 Å². The number of rotatable bonds is 7. The van der Waals surface area contributed by atoms with Gasteiger partial charge in [0.25, 0.3) is 5.88 Å². The van der Waals surface area contributed by atoms with Gasteiger partial charge in [-0.2, -0.15) is 0 Å². The Bertz CT molecular complexity index is 1210. The third-order valence-corrected chi connectivity index (χ3v) is 6.66. The zero-order chi connectivity index (χ0) is 22.4. The monoisotopic (exact) mass is 439 g/mol. The lowest BCUT2D eigenvalue weighted by Gasteiger charge is -2.25. The molecular formula is C22H29N7O3. The number of nitrogens with one attached hydrogen (secondary N) is 1. The van der Waals surface area contributed by atoms with Crippen LogP contribution in [-0.2, 0) is 7.05 Å². The van der Waals surface area contributed by atoms with Crippen LogP contribution in [0.1, 0.15) is 43.3 Å². The Morgan fingerprint density at radius 3 is 2.81 bits per heavy atom. The van der Waals surface area contributed by atoms with E-state index in [1.54, 1.807) is 20.8 Å². The van der Waals surface area contributed by atoms with Crippen LogP contribution >= 0.6 is 0 Å². The van der Waals surface area contributed by atoms with Gasteiger partial charge in [0.05, 0.1) is 30.7 Å². The van der Waals surface area contributed by atoms with Crippen LogP contribution < -0.4 is 15.7 Å². The molecule has 2 unspecified atom stereocenters. The standard InChI is InChI=1S/C22H29N7O3/c1-4-19(30)27-9-8-15(11-27)28-13-16(24-17-12-26(2)25-21(17)32-3)20-23-10-18(14-6-5-7-14)29(20)22(28)31/h4,10,12-15,19,24,30H,1,5-9,11H2,2-3H3. The van der Waals surface area contributed by atoms with Gasteiger partial charge in [-0.05, 0) is 25.3 Å². The van der Waals surface area contributed by atoms with Gasteiger partial charge in [-0.3, -0.25) is 14.1 Å². The fourth-order valence-electron chi connectivity index (χ4n) is 4.70. The fraction of sp³-hybridized carbons (Fsp3) is 0.500. The highest BCUT2D eigenvalue weighted by Crippen LogP contribution is 2.37. The molecule has 0 amide bonds. The number of fused-ring (bicyclic) bond motifs is 1. The summed E-state index contributed by atoms with van der Waals surface area (Å²) in [6.07, 6.45) is 10.4. The zero-order valence-electron chi connectivity index (χ0n) is 18.4. The van der Waals surface area contributed by atoms with Gasteiger partial charge in [0.1, 0.15) is 11.9 Å². The average molecular weight is 440 g/mol. The van der Waals surface area contributed by atoms with Gasteiger partial charge < -0.3 is 15.2 Å². The molecule has 10 heteroatoms. The quantitative estimate of drug-likeness (QED) is 0.543. The van der Waals surface area contributed by atoms with Crippen molar-refractivity contribution in [1.82, 2.24) is 28.6 Å². The molecule has 1 saturated carbocycles. The summed E-state index contributed by atoms with van der Waals surface area (Å²) >= 11 is 0. The van der Waals surface area contributed by atoms with Crippen LogP contribution in [-0.4, -0.2) is 60.2 Å². The molecule has 3 aromatic heterocycles. The maximum absolute atomic E-state index is 13.6. The molecule has 2 aliphatic rings. The average Bonchev–Trinajstić information content (AvgIpc) is 3.47. The molecule has 2 atom stereocenters. The number of anilines is 2. The van der Waals surface area contributed by atoms with E-state index < -0.39 is 6.23 Å². The number of nitrogens with zero attached hydrogens (tertiary/aromatic N) is 6. The zero-order valence-corrected chi connectivity index (χ0v) is 18.4. The first-order chi connectivity index (χ1) is 15.5. The number of hydrogen-bond acceptors (Lipinski definition) is 7. The van der Waals surface area contributed by atoms with Gasteiger partial charge in [0, 0.05) is 38.4 Å². The van der Waals surface area contributed by atoms with Crippen LogP contribution in [0.5, 0.6) is 5.88 Å². The molecule has 32 heavy (non-hydrogen) atoms. The summed E-state index contributed by atoms with van der Waals surface area (Å²) in [4.78, 5) is 20.2. The van der Waals surface area contributed by atoms with Crippen LogP contribution in [0.25, 0.3) is 5.65 Å². The van der Waals surface area contributed by atoms with Crippen LogP contribution in [0, 0.1) is 0 Å². The van der Waals surface area contributed by atoms with E-state index in [0.29, 0.717) is 41.9 Å². The second-order valence-electron chi connectivity index (χ2n) is 8.64. The van der Waals surface area contributed by atoms with E-state index in [0.717, 1.165) is 25.0 Å². The molecule has 2 fully saturated rings. The minimum absolute atomic E-state index is 0.0607. The maximum atomic E-state index is 13.6. The van der Waals surface area contributed by atoms with Gasteiger partial charge in [-0.15, -0.1) is 5.10 Å². The number of aliphatic hydroxyl groups excluding tert-OH is 1. The molecule has 0 aromatic carbocycles. The van der Waals surface area contributed by atoms with Crippen LogP contribution in [0.2, 0.25) is 0 Å². The highest BCUT2D eigenvalue weighted by Gasteiger charge is 2.31. The summed E-state index contributed by atoms with van der Waals surface area (Å²) in [7, 11) is 3.40. The minimum atomic E-state index is -0.713. The Balaban J connectivity index is 1.61. The van der Waals surface area contributed by atoms with Crippen molar-refractivity contribution in [2.24, 2.45) is 7.05 Å². The lowest BCUT2D eigenvalue weighted by atomic mass is 9.83. The van der Waals surface area contributed by atoms with Crippen molar-refractivity contribution in [2.45, 2.75) is 43.9 Å². The summed E-state index contributed by atoms with van der Waals surface area (Å²) in [5, 5.41) is 17.9. The predicted octanol–water partition coefficient (Wildman–Crippen LogP) is 2.00. The normalized spacial score (nSPS) is 20.4. The van der Waals surface area contributed by atoms with Crippen molar-refractivity contribution in [3.63, 3.8) is 0 Å². The summed E-state index contributed by atoms with van der Waals surface area (Å²) in [6, 6.07) is -0.0607. The van der Waals surface area contributed by atoms with Gasteiger partial charge in [0.2, 0.25) is 0 Å². The van der Waals surface area contributed by atoms with E-state index >= 15 is 0 Å². The topological polar surface area (TPSA) is 102 Å². The summed E-state index contributed by atoms with van der Waals surface area (Å²) in [5.74, 6) is 0.826. The molecule has 0 spiro atoms. The first-order valence-corrected chi connectivity index (χ1v) is 11.0. The molecule has 0 radical (unpaired) electrons. The van der Waals surface area contributed by atoms with Crippen molar-refractivity contribution in [1.29, 1.82) is 0 Å². The Morgan fingerprint density at radius 1 is 1.31 bits per heavy atom. The largest absolute Gasteiger partial charge is 0.478 e. The van der Waals surface area contributed by atoms with E-state index in [4.69, 9.17) is 4.74 Å². The van der Waals surface area contributed by atoms with Crippen LogP contribution in [0.15, 0.2) is 36.0 Å². The summed E-state index contributed by atoms with van der Waals surface area (Å²) in [5.41, 5.74) is 2.88. The second kappa shape index (κ2) is 8.10. The summed E-state index contributed by atoms with van der Waals surface area (Å²) in [6.45, 7) is 4.94. The molecule has 1 aliphatic heterocycles. The Morgan fingerprint density at radius 2 is 2.12 bits per heavy atom. The predicted molar refractivity (Wildman–Crippen MR) is 121 cm³/mol. The van der Waals surface area contributed by atoms with Gasteiger partial charge in [-0.1, -0.05) is 13.0 Å². The molecule has 10 nitrogen and oxygen atoms in total. The lowest BCUT2D eigenvalue weighted by molar-refractivity contribution is 0.0587. The molecule has 0 bridgehead atoms. The van der Waals surface area contributed by atoms with Crippen molar-refractivity contribution in [3.8, 4) is 5.88 Å². The Labute approximate surface area is 185 Å². The smallest absolute Gasteiger partial charge is 0.334 e. The molecule has 2 N–H and O–H groups in total. The van der Waals surface area contributed by atoms with Gasteiger partial charge in [-0.25, -0.2) is 14.2 Å². The van der Waals surface area contributed by atoms with Crippen molar-refractivity contribution < 1.29 is 9.84 Å². The molecule has 5 rings (SSSR count). The third-order valence-electron chi connectivity index (χ3n) is 6.66. The highest BCUT2D eigenvalue weighted by atomic mass is 16.5. The first kappa shape index (κ1) is 20.8. The number of aryl methyl sites for hydroxylation is 1. The van der Waals surface area contributed by atoms with Crippen molar-refractivity contribution >= 4 is 17.0 Å². The number of ether oxygens (including phenoxy) is 1. The molecule has 170 valence electrons. The number of aromatic nitrogens is 5. The summed E-state index contributed by atoms with van der Waals surface area (Å²) < 4.78 is 10.6. The molecule has 1 saturated heterocycles. The van der Waals surface area contributed by atoms with Crippen molar-refractivity contribution in [2.75, 3.05) is 25.5 Å². The molecular weight excluding hydrogens is 410 g/mol. The van der Waals surface area contributed by atoms with Gasteiger partial charge in [0.15, 0.2) is 5.65 Å². The van der Waals surface area contributed by atoms with E-state index in [9.17, 15) is 9.90 Å². The molecule has 3 aromatic rings. The number of methoxy groups -OCH3 is 1. The number of likely N-dealkylation sites (tertiary alicyclic amines) is 1. The number of imidazole rings is 1. The number of hydrogen-bond donors (Lipinski definition) is 2. The van der Waals surface area contributed by atoms with E-state index in [2.05, 4.69) is 22.0 Å². The van der Waals surface area contributed by atoms with Gasteiger partial charge >= 0.3 is 5.69 Å². The van der Waals surface area contributed by atoms with E-state index in [1.165, 1.54) is 12.5 Å². The first-order valence-electron chi connectivity index (χ1n) is 11.0. The van der Waals surface area contributed by atoms with E-state index in [1.807, 2.05) is 30.5 Å². The van der Waals surface area contributed by atoms with Crippen molar-refractivity contribution in [3.05, 3.63) is 47.4 Å². The molecule has 4 heterocycles. The Hall–Kier alpha value is -3.11. The highest BCUT2D eigenvalue weighted by molar-refractivity contribution is 5.75. The molecule has 1 aliphatic carbocycles. The minimum Gasteiger partial charge on any atom is -0.478 e. The lowest BCUT2D eigenvalue weighted by Crippen LogP contribution is -2.35. The maximum Gasteiger partial charge on any atom is 0.334 e. The third kappa shape index (κ3) is 3.39. The SMILES string of the molecule is C=CC(O)N1CCC(n2cc(Nc3cn(C)nc3OC)c3ncc(C4CCC4)n3c2=O)C1. The Kier molecular flexibility index (Phi) is 5.26. The van der Waals surface area contributed by atoms with E-state index in [-0.39, 0.29) is 11.7 Å². The van der Waals surface area contributed by atoms with Crippen LogP contribution in [0.3, 0.4) is 0 Å². The second-order valence-corrected chi connectivity index (χ2v) is 8.64.